The molecule has 0 spiro atoms. The highest BCUT2D eigenvalue weighted by molar-refractivity contribution is 14.1. The highest BCUT2D eigenvalue weighted by Gasteiger charge is 2.42. The molecule has 0 amide bonds. The standard InChI is InChI=1S/C17H24INO/c1-13-8-10-17(11-9-13,19(2)3)16(20)12-14-4-6-15(18)7-5-14/h4-7,13H,8-12H2,1-3H3. The molecule has 1 aliphatic carbocycles. The molecular weight excluding hydrogens is 361 g/mol. The third-order valence-electron chi connectivity index (χ3n) is 4.75. The van der Waals surface area contributed by atoms with Gasteiger partial charge in [-0.3, -0.25) is 9.69 Å². The molecule has 1 fully saturated rings. The van der Waals surface area contributed by atoms with Gasteiger partial charge >= 0.3 is 0 Å². The predicted molar refractivity (Wildman–Crippen MR) is 91.9 cm³/mol. The van der Waals surface area contributed by atoms with Crippen LogP contribution in [0.1, 0.15) is 38.2 Å². The number of likely N-dealkylation sites (N-methyl/N-ethyl adjacent to an activating group) is 1. The number of ketones is 1. The molecule has 3 heteroatoms. The van der Waals surface area contributed by atoms with Crippen LogP contribution < -0.4 is 0 Å². The molecule has 2 nitrogen and oxygen atoms in total. The van der Waals surface area contributed by atoms with Gasteiger partial charge in [0.1, 0.15) is 0 Å². The van der Waals surface area contributed by atoms with E-state index in [-0.39, 0.29) is 5.54 Å². The Morgan fingerprint density at radius 2 is 1.80 bits per heavy atom. The van der Waals surface area contributed by atoms with Crippen molar-refractivity contribution in [3.63, 3.8) is 0 Å². The zero-order valence-corrected chi connectivity index (χ0v) is 14.8. The summed E-state index contributed by atoms with van der Waals surface area (Å²) in [7, 11) is 4.11. The second-order valence-electron chi connectivity index (χ2n) is 6.33. The van der Waals surface area contributed by atoms with Gasteiger partial charge in [0.15, 0.2) is 5.78 Å². The van der Waals surface area contributed by atoms with Crippen molar-refractivity contribution in [3.05, 3.63) is 33.4 Å². The SMILES string of the molecule is CC1CCC(C(=O)Cc2ccc(I)cc2)(N(C)C)CC1. The van der Waals surface area contributed by atoms with Gasteiger partial charge in [-0.2, -0.15) is 0 Å². The average molecular weight is 385 g/mol. The molecule has 2 rings (SSSR count). The minimum atomic E-state index is -0.241. The Morgan fingerprint density at radius 1 is 1.25 bits per heavy atom. The van der Waals surface area contributed by atoms with Gasteiger partial charge in [-0.1, -0.05) is 19.1 Å². The van der Waals surface area contributed by atoms with Crippen molar-refractivity contribution in [3.8, 4) is 0 Å². The van der Waals surface area contributed by atoms with Gasteiger partial charge in [0.05, 0.1) is 5.54 Å². The first-order valence-corrected chi connectivity index (χ1v) is 8.47. The molecule has 0 radical (unpaired) electrons. The van der Waals surface area contributed by atoms with Crippen LogP contribution in [0.2, 0.25) is 0 Å². The second kappa shape index (κ2) is 6.56. The van der Waals surface area contributed by atoms with E-state index in [1.165, 1.54) is 3.57 Å². The molecule has 1 aromatic carbocycles. The van der Waals surface area contributed by atoms with E-state index in [1.54, 1.807) is 0 Å². The third-order valence-corrected chi connectivity index (χ3v) is 5.47. The molecule has 20 heavy (non-hydrogen) atoms. The fraction of sp³-hybridized carbons (Fsp3) is 0.588. The van der Waals surface area contributed by atoms with Gasteiger partial charge in [0.2, 0.25) is 0 Å². The van der Waals surface area contributed by atoms with Gasteiger partial charge in [0, 0.05) is 9.99 Å². The number of benzene rings is 1. The predicted octanol–water partition coefficient (Wildman–Crippen LogP) is 3.91. The number of carbonyl (C=O) groups is 1. The molecule has 1 aliphatic rings. The summed E-state index contributed by atoms with van der Waals surface area (Å²) < 4.78 is 1.22. The molecule has 110 valence electrons. The van der Waals surface area contributed by atoms with Crippen molar-refractivity contribution >= 4 is 28.4 Å². The largest absolute Gasteiger partial charge is 0.297 e. The van der Waals surface area contributed by atoms with E-state index in [0.29, 0.717) is 12.2 Å². The van der Waals surface area contributed by atoms with Gasteiger partial charge in [-0.25, -0.2) is 0 Å². The van der Waals surface area contributed by atoms with Crippen LogP contribution in [0.15, 0.2) is 24.3 Å². The van der Waals surface area contributed by atoms with Crippen LogP contribution in [0, 0.1) is 9.49 Å². The molecule has 1 aromatic rings. The van der Waals surface area contributed by atoms with Gasteiger partial charge < -0.3 is 0 Å². The van der Waals surface area contributed by atoms with E-state index >= 15 is 0 Å². The Balaban J connectivity index is 2.13. The first-order valence-electron chi connectivity index (χ1n) is 7.39. The Hall–Kier alpha value is -0.420. The van der Waals surface area contributed by atoms with Crippen LogP contribution in [0.25, 0.3) is 0 Å². The molecule has 0 atom stereocenters. The summed E-state index contributed by atoms with van der Waals surface area (Å²) in [6.45, 7) is 2.29. The maximum atomic E-state index is 12.9. The van der Waals surface area contributed by atoms with Gasteiger partial charge in [-0.15, -0.1) is 0 Å². The number of halogens is 1. The fourth-order valence-electron chi connectivity index (χ4n) is 3.17. The zero-order chi connectivity index (χ0) is 14.8. The Bertz CT molecular complexity index is 458. The molecular formula is C17H24INO. The lowest BCUT2D eigenvalue weighted by Gasteiger charge is -2.43. The van der Waals surface area contributed by atoms with E-state index in [0.717, 1.165) is 37.2 Å². The normalized spacial score (nSPS) is 26.8. The van der Waals surface area contributed by atoms with Crippen LogP contribution in [0.3, 0.4) is 0 Å². The lowest BCUT2D eigenvalue weighted by Crippen LogP contribution is -2.53. The summed E-state index contributed by atoms with van der Waals surface area (Å²) in [5, 5.41) is 0. The van der Waals surface area contributed by atoms with Crippen molar-refractivity contribution in [2.24, 2.45) is 5.92 Å². The third kappa shape index (κ3) is 3.42. The van der Waals surface area contributed by atoms with Crippen LogP contribution >= 0.6 is 22.6 Å². The van der Waals surface area contributed by atoms with Crippen LogP contribution in [0.5, 0.6) is 0 Å². The number of Topliss-reactive ketones (excluding diaryl/α,β-unsaturated/α-hetero) is 1. The van der Waals surface area contributed by atoms with E-state index in [4.69, 9.17) is 0 Å². The number of carbonyl (C=O) groups excluding carboxylic acids is 1. The van der Waals surface area contributed by atoms with Crippen LogP contribution in [-0.4, -0.2) is 30.3 Å². The van der Waals surface area contributed by atoms with Crippen molar-refractivity contribution < 1.29 is 4.79 Å². The summed E-state index contributed by atoms with van der Waals surface area (Å²) in [5.74, 6) is 1.14. The summed E-state index contributed by atoms with van der Waals surface area (Å²) >= 11 is 2.30. The fourth-order valence-corrected chi connectivity index (χ4v) is 3.53. The highest BCUT2D eigenvalue weighted by Crippen LogP contribution is 2.36. The topological polar surface area (TPSA) is 20.3 Å². The van der Waals surface area contributed by atoms with Crippen LogP contribution in [-0.2, 0) is 11.2 Å². The minimum Gasteiger partial charge on any atom is -0.297 e. The molecule has 0 saturated heterocycles. The van der Waals surface area contributed by atoms with E-state index in [2.05, 4.69) is 72.8 Å². The van der Waals surface area contributed by atoms with Crippen molar-refractivity contribution in [1.29, 1.82) is 0 Å². The Morgan fingerprint density at radius 3 is 2.30 bits per heavy atom. The maximum Gasteiger partial charge on any atom is 0.157 e. The number of nitrogens with zero attached hydrogens (tertiary/aromatic N) is 1. The number of hydrogen-bond donors (Lipinski definition) is 0. The highest BCUT2D eigenvalue weighted by atomic mass is 127. The zero-order valence-electron chi connectivity index (χ0n) is 12.7. The van der Waals surface area contributed by atoms with Gasteiger partial charge in [-0.05, 0) is 86.0 Å². The molecule has 0 aromatic heterocycles. The molecule has 0 heterocycles. The number of rotatable bonds is 4. The smallest absolute Gasteiger partial charge is 0.157 e. The van der Waals surface area contributed by atoms with Gasteiger partial charge in [0.25, 0.3) is 0 Å². The minimum absolute atomic E-state index is 0.241. The molecule has 0 unspecified atom stereocenters. The van der Waals surface area contributed by atoms with E-state index in [1.807, 2.05) is 0 Å². The Kier molecular flexibility index (Phi) is 5.24. The Labute approximate surface area is 136 Å². The first-order chi connectivity index (χ1) is 9.44. The van der Waals surface area contributed by atoms with E-state index < -0.39 is 0 Å². The van der Waals surface area contributed by atoms with Crippen molar-refractivity contribution in [2.75, 3.05) is 14.1 Å². The quantitative estimate of drug-likeness (QED) is 0.733. The summed E-state index contributed by atoms with van der Waals surface area (Å²) in [4.78, 5) is 15.0. The summed E-state index contributed by atoms with van der Waals surface area (Å²) in [6.07, 6.45) is 4.89. The van der Waals surface area contributed by atoms with Crippen molar-refractivity contribution in [2.45, 2.75) is 44.6 Å². The second-order valence-corrected chi connectivity index (χ2v) is 7.58. The maximum absolute atomic E-state index is 12.9. The lowest BCUT2D eigenvalue weighted by atomic mass is 9.72. The van der Waals surface area contributed by atoms with Crippen LogP contribution in [0.4, 0.5) is 0 Å². The van der Waals surface area contributed by atoms with Crippen molar-refractivity contribution in [1.82, 2.24) is 4.90 Å². The summed E-state index contributed by atoms with van der Waals surface area (Å²) in [6, 6.07) is 8.31. The van der Waals surface area contributed by atoms with E-state index in [9.17, 15) is 4.79 Å². The summed E-state index contributed by atoms with van der Waals surface area (Å²) in [5.41, 5.74) is 0.894. The lowest BCUT2D eigenvalue weighted by molar-refractivity contribution is -0.131. The molecule has 0 N–H and O–H groups in total. The molecule has 0 aliphatic heterocycles. The first kappa shape index (κ1) is 16.0. The monoisotopic (exact) mass is 385 g/mol. The molecule has 1 saturated carbocycles. The average Bonchev–Trinajstić information content (AvgIpc) is 2.42. The number of hydrogen-bond acceptors (Lipinski definition) is 2. The molecule has 0 bridgehead atoms.